The number of imidazole rings is 1. The number of nitro benzene ring substituents is 2. The Morgan fingerprint density at radius 2 is 1.25 bits per heavy atom. The van der Waals surface area contributed by atoms with E-state index in [2.05, 4.69) is 0 Å². The van der Waals surface area contributed by atoms with Crippen LogP contribution < -0.4 is 5.69 Å². The predicted molar refractivity (Wildman–Crippen MR) is 89.5 cm³/mol. The summed E-state index contributed by atoms with van der Waals surface area (Å²) in [6.45, 7) is 7.50. The summed E-state index contributed by atoms with van der Waals surface area (Å²) in [6.07, 6.45) is 1.31. The summed E-state index contributed by atoms with van der Waals surface area (Å²) < 4.78 is 2.97. The van der Waals surface area contributed by atoms with Crippen molar-refractivity contribution in [3.05, 3.63) is 42.8 Å². The summed E-state index contributed by atoms with van der Waals surface area (Å²) in [6, 6.07) is 1.93. The molecular weight excluding hydrogens is 316 g/mol. The Morgan fingerprint density at radius 1 is 0.917 bits per heavy atom. The molecule has 130 valence electrons. The zero-order valence-electron chi connectivity index (χ0n) is 14.1. The van der Waals surface area contributed by atoms with Crippen molar-refractivity contribution in [2.75, 3.05) is 0 Å². The van der Waals surface area contributed by atoms with Crippen molar-refractivity contribution in [3.63, 3.8) is 0 Å². The van der Waals surface area contributed by atoms with Crippen molar-refractivity contribution < 1.29 is 9.85 Å². The Labute approximate surface area is 137 Å². The molecule has 1 aromatic heterocycles. The van der Waals surface area contributed by atoms with Gasteiger partial charge in [-0.3, -0.25) is 29.4 Å². The van der Waals surface area contributed by atoms with Crippen molar-refractivity contribution in [1.29, 1.82) is 0 Å². The first kappa shape index (κ1) is 17.6. The lowest BCUT2D eigenvalue weighted by atomic mass is 10.2. The molecule has 0 aliphatic rings. The van der Waals surface area contributed by atoms with Gasteiger partial charge in [0, 0.05) is 24.2 Å². The van der Waals surface area contributed by atoms with Crippen molar-refractivity contribution in [3.8, 4) is 0 Å². The van der Waals surface area contributed by atoms with E-state index in [-0.39, 0.29) is 17.8 Å². The van der Waals surface area contributed by atoms with E-state index in [0.29, 0.717) is 23.9 Å². The molecule has 0 spiro atoms. The molecule has 0 amide bonds. The molecule has 0 saturated heterocycles. The highest BCUT2D eigenvalue weighted by Crippen LogP contribution is 2.34. The van der Waals surface area contributed by atoms with E-state index in [4.69, 9.17) is 0 Å². The molecule has 9 heteroatoms. The fourth-order valence-electron chi connectivity index (χ4n) is 2.77. The maximum absolute atomic E-state index is 12.8. The van der Waals surface area contributed by atoms with Crippen LogP contribution in [-0.4, -0.2) is 19.0 Å². The summed E-state index contributed by atoms with van der Waals surface area (Å²) in [4.78, 5) is 33.7. The molecule has 0 bridgehead atoms. The molecule has 0 fully saturated rings. The van der Waals surface area contributed by atoms with E-state index in [0.717, 1.165) is 12.1 Å². The molecule has 9 nitrogen and oxygen atoms in total. The van der Waals surface area contributed by atoms with Crippen LogP contribution in [-0.2, 0) is 0 Å². The van der Waals surface area contributed by atoms with E-state index in [9.17, 15) is 25.0 Å². The van der Waals surface area contributed by atoms with Gasteiger partial charge in [-0.05, 0) is 26.7 Å². The lowest BCUT2D eigenvalue weighted by Crippen LogP contribution is -2.28. The number of hydrogen-bond donors (Lipinski definition) is 0. The Kier molecular flexibility index (Phi) is 4.72. The predicted octanol–water partition coefficient (Wildman–Crippen LogP) is 3.56. The molecule has 0 N–H and O–H groups in total. The molecule has 2 rings (SSSR count). The SMILES string of the molecule is CC[C@H](C)n1c(=O)n([C@@H](C)CC)c2cc([N+](=O)[O-])c([N+](=O)[O-])cc21. The molecule has 2 atom stereocenters. The van der Waals surface area contributed by atoms with Gasteiger partial charge in [-0.25, -0.2) is 4.79 Å². The fourth-order valence-corrected chi connectivity index (χ4v) is 2.77. The summed E-state index contributed by atoms with van der Waals surface area (Å²) in [7, 11) is 0. The standard InChI is InChI=1S/C15H20N4O5/c1-5-9(3)16-11-7-13(18(21)22)14(19(23)24)8-12(11)17(15(16)20)10(4)6-2/h7-10H,5-6H2,1-4H3/t9-,10-/m0/s1. The second kappa shape index (κ2) is 6.42. The first-order valence-electron chi connectivity index (χ1n) is 7.83. The normalized spacial score (nSPS) is 13.8. The molecular formula is C15H20N4O5. The van der Waals surface area contributed by atoms with Crippen LogP contribution in [0.3, 0.4) is 0 Å². The topological polar surface area (TPSA) is 113 Å². The fraction of sp³-hybridized carbons (Fsp3) is 0.533. The average Bonchev–Trinajstić information content (AvgIpc) is 2.83. The van der Waals surface area contributed by atoms with E-state index in [1.165, 1.54) is 9.13 Å². The van der Waals surface area contributed by atoms with Gasteiger partial charge in [-0.2, -0.15) is 0 Å². The van der Waals surface area contributed by atoms with Crippen LogP contribution in [0.25, 0.3) is 11.0 Å². The van der Waals surface area contributed by atoms with Crippen LogP contribution in [0, 0.1) is 20.2 Å². The second-order valence-electron chi connectivity index (χ2n) is 5.88. The molecule has 0 aliphatic carbocycles. The van der Waals surface area contributed by atoms with E-state index < -0.39 is 21.2 Å². The highest BCUT2D eigenvalue weighted by Gasteiger charge is 2.30. The van der Waals surface area contributed by atoms with E-state index in [1.54, 1.807) is 0 Å². The van der Waals surface area contributed by atoms with Gasteiger partial charge >= 0.3 is 17.1 Å². The minimum atomic E-state index is -0.788. The van der Waals surface area contributed by atoms with Crippen LogP contribution in [0.5, 0.6) is 0 Å². The van der Waals surface area contributed by atoms with Crippen molar-refractivity contribution >= 4 is 22.4 Å². The number of nitro groups is 2. The second-order valence-corrected chi connectivity index (χ2v) is 5.88. The van der Waals surface area contributed by atoms with Crippen LogP contribution in [0.1, 0.15) is 52.6 Å². The smallest absolute Gasteiger partial charge is 0.289 e. The number of rotatable bonds is 6. The summed E-state index contributed by atoms with van der Waals surface area (Å²) in [5, 5.41) is 22.4. The number of fused-ring (bicyclic) bond motifs is 1. The molecule has 0 saturated carbocycles. The maximum atomic E-state index is 12.8. The Hall–Kier alpha value is -2.71. The highest BCUT2D eigenvalue weighted by molar-refractivity contribution is 5.84. The van der Waals surface area contributed by atoms with Gasteiger partial charge in [0.1, 0.15) is 0 Å². The van der Waals surface area contributed by atoms with Crippen molar-refractivity contribution in [2.24, 2.45) is 0 Å². The zero-order chi connectivity index (χ0) is 18.2. The third-order valence-corrected chi connectivity index (χ3v) is 4.46. The Morgan fingerprint density at radius 3 is 1.50 bits per heavy atom. The lowest BCUT2D eigenvalue weighted by Gasteiger charge is -2.11. The van der Waals surface area contributed by atoms with Gasteiger partial charge in [0.05, 0.1) is 20.9 Å². The minimum Gasteiger partial charge on any atom is -0.289 e. The summed E-state index contributed by atoms with van der Waals surface area (Å²) in [5.74, 6) is 0. The van der Waals surface area contributed by atoms with Gasteiger partial charge in [-0.15, -0.1) is 0 Å². The van der Waals surface area contributed by atoms with Crippen LogP contribution >= 0.6 is 0 Å². The van der Waals surface area contributed by atoms with Crippen LogP contribution in [0.2, 0.25) is 0 Å². The highest BCUT2D eigenvalue weighted by atomic mass is 16.6. The van der Waals surface area contributed by atoms with Gasteiger partial charge in [-0.1, -0.05) is 13.8 Å². The number of hydrogen-bond acceptors (Lipinski definition) is 5. The molecule has 0 aliphatic heterocycles. The van der Waals surface area contributed by atoms with Crippen molar-refractivity contribution in [1.82, 2.24) is 9.13 Å². The number of aromatic nitrogens is 2. The van der Waals surface area contributed by atoms with Crippen molar-refractivity contribution in [2.45, 2.75) is 52.6 Å². The zero-order valence-corrected chi connectivity index (χ0v) is 14.1. The molecule has 1 aromatic carbocycles. The monoisotopic (exact) mass is 336 g/mol. The van der Waals surface area contributed by atoms with Gasteiger partial charge in [0.25, 0.3) is 0 Å². The molecule has 0 radical (unpaired) electrons. The average molecular weight is 336 g/mol. The third-order valence-electron chi connectivity index (χ3n) is 4.46. The molecule has 2 aromatic rings. The number of nitrogens with zero attached hydrogens (tertiary/aromatic N) is 4. The maximum Gasteiger partial charge on any atom is 0.348 e. The molecule has 24 heavy (non-hydrogen) atoms. The van der Waals surface area contributed by atoms with E-state index in [1.807, 2.05) is 27.7 Å². The van der Waals surface area contributed by atoms with Gasteiger partial charge in [0.2, 0.25) is 0 Å². The molecule has 1 heterocycles. The summed E-state index contributed by atoms with van der Waals surface area (Å²) in [5.41, 5.74) is -0.806. The van der Waals surface area contributed by atoms with Gasteiger partial charge in [0.15, 0.2) is 0 Å². The molecule has 0 unspecified atom stereocenters. The van der Waals surface area contributed by atoms with Gasteiger partial charge < -0.3 is 0 Å². The lowest BCUT2D eigenvalue weighted by molar-refractivity contribution is -0.422. The first-order valence-corrected chi connectivity index (χ1v) is 7.83. The van der Waals surface area contributed by atoms with E-state index >= 15 is 0 Å². The third kappa shape index (κ3) is 2.66. The quantitative estimate of drug-likeness (QED) is 0.591. The number of benzene rings is 1. The minimum absolute atomic E-state index is 0.175. The van der Waals surface area contributed by atoms with Crippen LogP contribution in [0.4, 0.5) is 11.4 Å². The largest absolute Gasteiger partial charge is 0.348 e. The Bertz CT molecular complexity index is 799. The Balaban J connectivity index is 3.00. The van der Waals surface area contributed by atoms with Crippen LogP contribution in [0.15, 0.2) is 16.9 Å². The first-order chi connectivity index (χ1) is 11.2. The summed E-state index contributed by atoms with van der Waals surface area (Å²) >= 11 is 0.